The second-order valence-corrected chi connectivity index (χ2v) is 4.86. The Morgan fingerprint density at radius 1 is 1.09 bits per heavy atom. The lowest BCUT2D eigenvalue weighted by Gasteiger charge is -2.13. The molecule has 5 nitrogen and oxygen atoms in total. The molecule has 0 saturated heterocycles. The van der Waals surface area contributed by atoms with Crippen molar-refractivity contribution in [3.8, 4) is 16.9 Å². The van der Waals surface area contributed by atoms with Gasteiger partial charge in [-0.3, -0.25) is 4.79 Å². The van der Waals surface area contributed by atoms with Crippen molar-refractivity contribution in [2.24, 2.45) is 0 Å². The van der Waals surface area contributed by atoms with Crippen molar-refractivity contribution in [1.82, 2.24) is 0 Å². The van der Waals surface area contributed by atoms with E-state index in [9.17, 15) is 9.59 Å². The van der Waals surface area contributed by atoms with Crippen molar-refractivity contribution in [2.75, 3.05) is 13.7 Å². The van der Waals surface area contributed by atoms with Crippen LogP contribution in [0.25, 0.3) is 11.1 Å². The summed E-state index contributed by atoms with van der Waals surface area (Å²) in [6, 6.07) is 12.0. The van der Waals surface area contributed by atoms with Gasteiger partial charge in [0.15, 0.2) is 0 Å². The first kappa shape index (κ1) is 16.5. The lowest BCUT2D eigenvalue weighted by molar-refractivity contribution is -0.142. The molecule has 0 atom stereocenters. The van der Waals surface area contributed by atoms with E-state index in [2.05, 4.69) is 0 Å². The van der Waals surface area contributed by atoms with Gasteiger partial charge in [-0.05, 0) is 24.6 Å². The molecule has 0 aliphatic rings. The van der Waals surface area contributed by atoms with Crippen LogP contribution in [-0.2, 0) is 16.0 Å². The Morgan fingerprint density at radius 3 is 2.35 bits per heavy atom. The Bertz CT molecular complexity index is 704. The molecule has 2 aromatic carbocycles. The van der Waals surface area contributed by atoms with Gasteiger partial charge in [0, 0.05) is 11.1 Å². The van der Waals surface area contributed by atoms with Crippen molar-refractivity contribution < 1.29 is 24.2 Å². The van der Waals surface area contributed by atoms with Gasteiger partial charge in [-0.25, -0.2) is 4.79 Å². The fraction of sp³-hybridized carbons (Fsp3) is 0.222. The average Bonchev–Trinajstić information content (AvgIpc) is 2.55. The third-order valence-corrected chi connectivity index (χ3v) is 3.38. The molecule has 120 valence electrons. The molecule has 2 rings (SSSR count). The predicted molar refractivity (Wildman–Crippen MR) is 85.7 cm³/mol. The summed E-state index contributed by atoms with van der Waals surface area (Å²) in [5, 5.41) is 8.96. The maximum absolute atomic E-state index is 11.7. The molecule has 23 heavy (non-hydrogen) atoms. The highest BCUT2D eigenvalue weighted by atomic mass is 16.5. The summed E-state index contributed by atoms with van der Waals surface area (Å²) in [5.74, 6) is -0.702. The van der Waals surface area contributed by atoms with Crippen molar-refractivity contribution in [3.63, 3.8) is 0 Å². The lowest BCUT2D eigenvalue weighted by atomic mass is 9.99. The standard InChI is InChI=1S/C18H18O5/c1-3-23-16(19)11-14-5-4-6-15(17(14)22-2)12-7-9-13(10-8-12)18(20)21/h4-10H,3,11H2,1-2H3,(H,20,21). The quantitative estimate of drug-likeness (QED) is 0.829. The van der Waals surface area contributed by atoms with Crippen molar-refractivity contribution in [1.29, 1.82) is 0 Å². The molecule has 0 unspecified atom stereocenters. The number of para-hydroxylation sites is 1. The molecule has 0 heterocycles. The molecular weight excluding hydrogens is 296 g/mol. The molecule has 0 spiro atoms. The van der Waals surface area contributed by atoms with Gasteiger partial charge in [-0.15, -0.1) is 0 Å². The molecule has 5 heteroatoms. The molecule has 0 bridgehead atoms. The number of carbonyl (C=O) groups excluding carboxylic acids is 1. The molecule has 0 aliphatic heterocycles. The van der Waals surface area contributed by atoms with Gasteiger partial charge in [0.2, 0.25) is 0 Å². The fourth-order valence-electron chi connectivity index (χ4n) is 2.35. The van der Waals surface area contributed by atoms with E-state index in [1.54, 1.807) is 26.2 Å². The van der Waals surface area contributed by atoms with E-state index in [1.165, 1.54) is 12.1 Å². The number of carbonyl (C=O) groups is 2. The number of hydrogen-bond donors (Lipinski definition) is 1. The molecule has 0 saturated carbocycles. The highest BCUT2D eigenvalue weighted by Gasteiger charge is 2.14. The largest absolute Gasteiger partial charge is 0.496 e. The second-order valence-electron chi connectivity index (χ2n) is 4.86. The summed E-state index contributed by atoms with van der Waals surface area (Å²) in [4.78, 5) is 22.6. The number of methoxy groups -OCH3 is 1. The van der Waals surface area contributed by atoms with E-state index in [0.29, 0.717) is 12.4 Å². The van der Waals surface area contributed by atoms with Crippen molar-refractivity contribution in [2.45, 2.75) is 13.3 Å². The zero-order valence-corrected chi connectivity index (χ0v) is 13.0. The van der Waals surface area contributed by atoms with Crippen LogP contribution >= 0.6 is 0 Å². The van der Waals surface area contributed by atoms with Gasteiger partial charge in [-0.1, -0.05) is 30.3 Å². The number of benzene rings is 2. The van der Waals surface area contributed by atoms with Gasteiger partial charge < -0.3 is 14.6 Å². The molecule has 1 N–H and O–H groups in total. The molecule has 0 aromatic heterocycles. The highest BCUT2D eigenvalue weighted by Crippen LogP contribution is 2.33. The third kappa shape index (κ3) is 3.88. The van der Waals surface area contributed by atoms with E-state index < -0.39 is 5.97 Å². The Kier molecular flexibility index (Phi) is 5.36. The topological polar surface area (TPSA) is 72.8 Å². The molecule has 0 aliphatic carbocycles. The summed E-state index contributed by atoms with van der Waals surface area (Å²) in [7, 11) is 1.54. The SMILES string of the molecule is CCOC(=O)Cc1cccc(-c2ccc(C(=O)O)cc2)c1OC. The second kappa shape index (κ2) is 7.45. The monoisotopic (exact) mass is 314 g/mol. The van der Waals surface area contributed by atoms with Crippen LogP contribution in [0.1, 0.15) is 22.8 Å². The summed E-state index contributed by atoms with van der Waals surface area (Å²) in [5.41, 5.74) is 2.56. The maximum Gasteiger partial charge on any atom is 0.335 e. The zero-order valence-electron chi connectivity index (χ0n) is 13.0. The lowest BCUT2D eigenvalue weighted by Crippen LogP contribution is -2.08. The minimum absolute atomic E-state index is 0.123. The molecular formula is C18H18O5. The predicted octanol–water partition coefficient (Wildman–Crippen LogP) is 3.17. The summed E-state index contributed by atoms with van der Waals surface area (Å²) in [6.07, 6.45) is 0.123. The Balaban J connectivity index is 2.38. The van der Waals surface area contributed by atoms with Gasteiger partial charge in [0.25, 0.3) is 0 Å². The number of rotatable bonds is 6. The van der Waals surface area contributed by atoms with Crippen LogP contribution in [0.3, 0.4) is 0 Å². The Labute approximate surface area is 134 Å². The Morgan fingerprint density at radius 2 is 1.78 bits per heavy atom. The normalized spacial score (nSPS) is 10.2. The van der Waals surface area contributed by atoms with E-state index in [4.69, 9.17) is 14.6 Å². The van der Waals surface area contributed by atoms with E-state index in [1.807, 2.05) is 18.2 Å². The van der Waals surface area contributed by atoms with Crippen molar-refractivity contribution >= 4 is 11.9 Å². The number of hydrogen-bond acceptors (Lipinski definition) is 4. The molecule has 0 amide bonds. The fourth-order valence-corrected chi connectivity index (χ4v) is 2.35. The summed E-state index contributed by atoms with van der Waals surface area (Å²) < 4.78 is 10.4. The average molecular weight is 314 g/mol. The van der Waals surface area contributed by atoms with Crippen LogP contribution in [-0.4, -0.2) is 30.8 Å². The van der Waals surface area contributed by atoms with Crippen LogP contribution < -0.4 is 4.74 Å². The summed E-state index contributed by atoms with van der Waals surface area (Å²) in [6.45, 7) is 2.09. The van der Waals surface area contributed by atoms with Crippen LogP contribution in [0.2, 0.25) is 0 Å². The van der Waals surface area contributed by atoms with E-state index >= 15 is 0 Å². The van der Waals surface area contributed by atoms with Crippen LogP contribution in [0, 0.1) is 0 Å². The maximum atomic E-state index is 11.7. The smallest absolute Gasteiger partial charge is 0.335 e. The minimum Gasteiger partial charge on any atom is -0.496 e. The molecule has 2 aromatic rings. The molecule has 0 fully saturated rings. The number of esters is 1. The number of aromatic carboxylic acids is 1. The van der Waals surface area contributed by atoms with Gasteiger partial charge in [0.1, 0.15) is 5.75 Å². The van der Waals surface area contributed by atoms with E-state index in [-0.39, 0.29) is 18.0 Å². The van der Waals surface area contributed by atoms with Crippen LogP contribution in [0.4, 0.5) is 0 Å². The third-order valence-electron chi connectivity index (χ3n) is 3.38. The first-order valence-corrected chi connectivity index (χ1v) is 7.22. The molecule has 0 radical (unpaired) electrons. The van der Waals surface area contributed by atoms with E-state index in [0.717, 1.165) is 16.7 Å². The number of ether oxygens (including phenoxy) is 2. The Hall–Kier alpha value is -2.82. The first-order chi connectivity index (χ1) is 11.1. The van der Waals surface area contributed by atoms with Gasteiger partial charge in [-0.2, -0.15) is 0 Å². The first-order valence-electron chi connectivity index (χ1n) is 7.22. The van der Waals surface area contributed by atoms with Crippen molar-refractivity contribution in [3.05, 3.63) is 53.6 Å². The van der Waals surface area contributed by atoms with Gasteiger partial charge in [0.05, 0.1) is 25.7 Å². The number of carboxylic acids is 1. The number of carboxylic acid groups (broad SMARTS) is 1. The van der Waals surface area contributed by atoms with Crippen LogP contribution in [0.5, 0.6) is 5.75 Å². The highest BCUT2D eigenvalue weighted by molar-refractivity contribution is 5.88. The zero-order chi connectivity index (χ0) is 16.8. The van der Waals surface area contributed by atoms with Crippen LogP contribution in [0.15, 0.2) is 42.5 Å². The minimum atomic E-state index is -0.973. The summed E-state index contributed by atoms with van der Waals surface area (Å²) >= 11 is 0. The van der Waals surface area contributed by atoms with Gasteiger partial charge >= 0.3 is 11.9 Å².